The Kier molecular flexibility index (Phi) is 8.41. The summed E-state index contributed by atoms with van der Waals surface area (Å²) < 4.78 is 5.33. The Morgan fingerprint density at radius 1 is 1.26 bits per heavy atom. The second-order valence-corrected chi connectivity index (χ2v) is 6.11. The van der Waals surface area contributed by atoms with E-state index in [0.717, 1.165) is 47.1 Å². The minimum absolute atomic E-state index is 0. The molecule has 23 heavy (non-hydrogen) atoms. The molecule has 1 aliphatic heterocycles. The Morgan fingerprint density at radius 3 is 2.70 bits per heavy atom. The number of ether oxygens (including phenoxy) is 1. The van der Waals surface area contributed by atoms with Crippen molar-refractivity contribution in [3.05, 3.63) is 35.0 Å². The summed E-state index contributed by atoms with van der Waals surface area (Å²) >= 11 is 6.40. The number of aromatic nitrogens is 1. The number of aryl methyl sites for hydroxylation is 1. The van der Waals surface area contributed by atoms with Crippen molar-refractivity contribution in [3.63, 3.8) is 0 Å². The standard InChI is InChI=1S/C17H21ClN2O.2ClH/c1-21-13-3-5-17-15(10-13)14(16(18)11-20-17)4-2-12-6-8-19-9-7-12;;/h3,5,10-12,19H,2,4,6-9H2,1H3;2*1H. The van der Waals surface area contributed by atoms with E-state index < -0.39 is 0 Å². The molecule has 3 rings (SSSR count). The average Bonchev–Trinajstić information content (AvgIpc) is 2.54. The predicted molar refractivity (Wildman–Crippen MR) is 102 cm³/mol. The van der Waals surface area contributed by atoms with E-state index >= 15 is 0 Å². The molecular weight excluding hydrogens is 355 g/mol. The monoisotopic (exact) mass is 376 g/mol. The highest BCUT2D eigenvalue weighted by Gasteiger charge is 2.15. The molecular formula is C17H23Cl3N2O. The van der Waals surface area contributed by atoms with Crippen LogP contribution in [0.25, 0.3) is 10.9 Å². The summed E-state index contributed by atoms with van der Waals surface area (Å²) in [6.07, 6.45) is 6.51. The van der Waals surface area contributed by atoms with E-state index in [1.807, 2.05) is 18.2 Å². The Hall–Kier alpha value is -0.740. The molecule has 0 amide bonds. The lowest BCUT2D eigenvalue weighted by molar-refractivity contribution is 0.354. The Bertz CT molecular complexity index is 631. The quantitative estimate of drug-likeness (QED) is 0.840. The van der Waals surface area contributed by atoms with Crippen molar-refractivity contribution in [2.75, 3.05) is 20.2 Å². The van der Waals surface area contributed by atoms with Crippen LogP contribution in [0.5, 0.6) is 5.75 Å². The zero-order valence-electron chi connectivity index (χ0n) is 13.2. The largest absolute Gasteiger partial charge is 0.497 e. The average molecular weight is 378 g/mol. The van der Waals surface area contributed by atoms with Gasteiger partial charge in [0.1, 0.15) is 5.75 Å². The molecule has 2 aromatic rings. The van der Waals surface area contributed by atoms with Gasteiger partial charge in [0.05, 0.1) is 17.6 Å². The summed E-state index contributed by atoms with van der Waals surface area (Å²) in [6.45, 7) is 2.28. The van der Waals surface area contributed by atoms with Crippen molar-refractivity contribution in [1.29, 1.82) is 0 Å². The summed E-state index contributed by atoms with van der Waals surface area (Å²) in [7, 11) is 1.69. The second kappa shape index (κ2) is 9.53. The maximum absolute atomic E-state index is 6.40. The first kappa shape index (κ1) is 20.3. The lowest BCUT2D eigenvalue weighted by Gasteiger charge is -2.22. The van der Waals surface area contributed by atoms with Crippen molar-refractivity contribution in [1.82, 2.24) is 10.3 Å². The molecule has 1 aromatic carbocycles. The number of hydrogen-bond donors (Lipinski definition) is 1. The summed E-state index contributed by atoms with van der Waals surface area (Å²) in [4.78, 5) is 4.41. The normalized spacial score (nSPS) is 14.9. The van der Waals surface area contributed by atoms with Gasteiger partial charge in [0.2, 0.25) is 0 Å². The minimum Gasteiger partial charge on any atom is -0.497 e. The van der Waals surface area contributed by atoms with Gasteiger partial charge in [-0.2, -0.15) is 0 Å². The number of nitrogens with zero attached hydrogens (tertiary/aromatic N) is 1. The van der Waals surface area contributed by atoms with Crippen LogP contribution >= 0.6 is 36.4 Å². The fraction of sp³-hybridized carbons (Fsp3) is 0.471. The lowest BCUT2D eigenvalue weighted by atomic mass is 9.90. The molecule has 1 aliphatic rings. The van der Waals surface area contributed by atoms with Gasteiger partial charge < -0.3 is 10.1 Å². The van der Waals surface area contributed by atoms with Crippen molar-refractivity contribution in [2.45, 2.75) is 25.7 Å². The molecule has 0 aliphatic carbocycles. The van der Waals surface area contributed by atoms with Crippen LogP contribution in [-0.4, -0.2) is 25.2 Å². The van der Waals surface area contributed by atoms with E-state index in [1.54, 1.807) is 13.3 Å². The molecule has 0 atom stereocenters. The van der Waals surface area contributed by atoms with Crippen LogP contribution in [0, 0.1) is 5.92 Å². The first-order chi connectivity index (χ1) is 10.3. The number of halogens is 3. The topological polar surface area (TPSA) is 34.1 Å². The van der Waals surface area contributed by atoms with Crippen LogP contribution in [0.15, 0.2) is 24.4 Å². The molecule has 1 fully saturated rings. The third kappa shape index (κ3) is 4.87. The fourth-order valence-electron chi connectivity index (χ4n) is 3.10. The summed E-state index contributed by atoms with van der Waals surface area (Å²) in [5, 5.41) is 5.31. The number of hydrogen-bond acceptors (Lipinski definition) is 3. The summed E-state index contributed by atoms with van der Waals surface area (Å²) in [6, 6.07) is 5.99. The van der Waals surface area contributed by atoms with Crippen LogP contribution in [0.2, 0.25) is 5.02 Å². The van der Waals surface area contributed by atoms with Crippen molar-refractivity contribution < 1.29 is 4.74 Å². The van der Waals surface area contributed by atoms with E-state index in [9.17, 15) is 0 Å². The third-order valence-corrected chi connectivity index (χ3v) is 4.72. The van der Waals surface area contributed by atoms with Crippen molar-refractivity contribution in [3.8, 4) is 5.75 Å². The van der Waals surface area contributed by atoms with Gasteiger partial charge in [0.15, 0.2) is 0 Å². The highest BCUT2D eigenvalue weighted by Crippen LogP contribution is 2.30. The number of benzene rings is 1. The minimum atomic E-state index is 0. The van der Waals surface area contributed by atoms with Gasteiger partial charge >= 0.3 is 0 Å². The molecule has 0 radical (unpaired) electrons. The number of pyridine rings is 1. The highest BCUT2D eigenvalue weighted by molar-refractivity contribution is 6.32. The van der Waals surface area contributed by atoms with Crippen LogP contribution in [-0.2, 0) is 6.42 Å². The van der Waals surface area contributed by atoms with E-state index in [2.05, 4.69) is 10.3 Å². The van der Waals surface area contributed by atoms with Crippen molar-refractivity contribution >= 4 is 47.3 Å². The Morgan fingerprint density at radius 2 is 2.00 bits per heavy atom. The van der Waals surface area contributed by atoms with E-state index in [-0.39, 0.29) is 24.8 Å². The van der Waals surface area contributed by atoms with Crippen LogP contribution in [0.1, 0.15) is 24.8 Å². The number of piperidine rings is 1. The van der Waals surface area contributed by atoms with Gasteiger partial charge in [0.25, 0.3) is 0 Å². The Balaban J connectivity index is 0.00000132. The van der Waals surface area contributed by atoms with E-state index in [0.29, 0.717) is 0 Å². The predicted octanol–water partition coefficient (Wildman–Crippen LogP) is 4.67. The fourth-order valence-corrected chi connectivity index (χ4v) is 3.35. The number of methoxy groups -OCH3 is 1. The number of rotatable bonds is 4. The van der Waals surface area contributed by atoms with E-state index in [4.69, 9.17) is 16.3 Å². The molecule has 6 heteroatoms. The molecule has 0 unspecified atom stereocenters. The number of nitrogens with one attached hydrogen (secondary N) is 1. The van der Waals surface area contributed by atoms with Gasteiger partial charge in [-0.05, 0) is 68.5 Å². The molecule has 128 valence electrons. The summed E-state index contributed by atoms with van der Waals surface area (Å²) in [5.74, 6) is 1.66. The molecule has 2 heterocycles. The molecule has 0 bridgehead atoms. The van der Waals surface area contributed by atoms with Gasteiger partial charge in [0, 0.05) is 11.6 Å². The SMILES string of the molecule is COc1ccc2ncc(Cl)c(CCC3CCNCC3)c2c1.Cl.Cl. The van der Waals surface area contributed by atoms with Gasteiger partial charge in [-0.25, -0.2) is 0 Å². The summed E-state index contributed by atoms with van der Waals surface area (Å²) in [5.41, 5.74) is 2.19. The molecule has 1 N–H and O–H groups in total. The molecule has 1 aromatic heterocycles. The lowest BCUT2D eigenvalue weighted by Crippen LogP contribution is -2.27. The molecule has 0 saturated carbocycles. The Labute approximate surface area is 155 Å². The zero-order chi connectivity index (χ0) is 14.7. The van der Waals surface area contributed by atoms with Crippen LogP contribution < -0.4 is 10.1 Å². The smallest absolute Gasteiger partial charge is 0.119 e. The van der Waals surface area contributed by atoms with E-state index in [1.165, 1.54) is 24.8 Å². The molecule has 1 saturated heterocycles. The van der Waals surface area contributed by atoms with Crippen LogP contribution in [0.3, 0.4) is 0 Å². The number of fused-ring (bicyclic) bond motifs is 1. The van der Waals surface area contributed by atoms with Gasteiger partial charge in [-0.1, -0.05) is 11.6 Å². The van der Waals surface area contributed by atoms with Crippen molar-refractivity contribution in [2.24, 2.45) is 5.92 Å². The molecule has 0 spiro atoms. The third-order valence-electron chi connectivity index (χ3n) is 4.40. The zero-order valence-corrected chi connectivity index (χ0v) is 15.6. The molecule has 3 nitrogen and oxygen atoms in total. The maximum Gasteiger partial charge on any atom is 0.119 e. The van der Waals surface area contributed by atoms with Crippen LogP contribution in [0.4, 0.5) is 0 Å². The first-order valence-electron chi connectivity index (χ1n) is 7.60. The highest BCUT2D eigenvalue weighted by atomic mass is 35.5. The second-order valence-electron chi connectivity index (χ2n) is 5.70. The maximum atomic E-state index is 6.40. The van der Waals surface area contributed by atoms with Gasteiger partial charge in [-0.3, -0.25) is 4.98 Å². The first-order valence-corrected chi connectivity index (χ1v) is 7.97. The van der Waals surface area contributed by atoms with Gasteiger partial charge in [-0.15, -0.1) is 24.8 Å².